The Morgan fingerprint density at radius 1 is 1.12 bits per heavy atom. The Morgan fingerprint density at radius 3 is 2.80 bits per heavy atom. The van der Waals surface area contributed by atoms with E-state index in [1.807, 2.05) is 48.5 Å². The lowest BCUT2D eigenvalue weighted by molar-refractivity contribution is 0.0441. The van der Waals surface area contributed by atoms with Gasteiger partial charge >= 0.3 is 5.97 Å². The summed E-state index contributed by atoms with van der Waals surface area (Å²) in [5.41, 5.74) is 2.13. The molecule has 124 valence electrons. The highest BCUT2D eigenvalue weighted by Gasteiger charge is 2.16. The van der Waals surface area contributed by atoms with Crippen molar-refractivity contribution in [3.05, 3.63) is 70.7 Å². The van der Waals surface area contributed by atoms with Gasteiger partial charge in [0.1, 0.15) is 0 Å². The summed E-state index contributed by atoms with van der Waals surface area (Å²) in [5, 5.41) is 8.73. The van der Waals surface area contributed by atoms with Crippen molar-refractivity contribution in [2.75, 3.05) is 0 Å². The Bertz CT molecular complexity index is 1050. The number of carbonyl (C=O) groups excluding carboxylic acids is 1. The normalized spacial score (nSPS) is 10.9. The number of nitrogens with one attached hydrogen (secondary N) is 1. The third-order valence-corrected chi connectivity index (χ3v) is 4.40. The van der Waals surface area contributed by atoms with E-state index in [0.717, 1.165) is 20.9 Å². The van der Waals surface area contributed by atoms with Gasteiger partial charge in [0, 0.05) is 21.6 Å². The van der Waals surface area contributed by atoms with Crippen molar-refractivity contribution in [3.63, 3.8) is 0 Å². The topological polar surface area (TPSA) is 81.0 Å². The second-order valence-corrected chi connectivity index (χ2v) is 6.16. The van der Waals surface area contributed by atoms with E-state index in [9.17, 15) is 4.79 Å². The van der Waals surface area contributed by atoms with Gasteiger partial charge in [0.25, 0.3) is 5.89 Å². The van der Waals surface area contributed by atoms with Crippen LogP contribution in [0.15, 0.2) is 63.6 Å². The van der Waals surface area contributed by atoms with Crippen LogP contribution in [-0.2, 0) is 11.3 Å². The number of rotatable bonds is 4. The van der Waals surface area contributed by atoms with E-state index < -0.39 is 5.97 Å². The van der Waals surface area contributed by atoms with Gasteiger partial charge < -0.3 is 14.1 Å². The number of esters is 1. The number of benzene rings is 2. The molecule has 4 rings (SSSR count). The van der Waals surface area contributed by atoms with Gasteiger partial charge in [-0.3, -0.25) is 0 Å². The van der Waals surface area contributed by atoms with Gasteiger partial charge in [-0.05, 0) is 34.1 Å². The van der Waals surface area contributed by atoms with Gasteiger partial charge in [-0.2, -0.15) is 0 Å². The lowest BCUT2D eigenvalue weighted by atomic mass is 10.2. The van der Waals surface area contributed by atoms with Crippen LogP contribution in [0.4, 0.5) is 0 Å². The number of carbonyl (C=O) groups is 1. The minimum Gasteiger partial charge on any atom is -0.452 e. The largest absolute Gasteiger partial charge is 0.452 e. The number of hydrogen-bond acceptors (Lipinski definition) is 5. The summed E-state index contributed by atoms with van der Waals surface area (Å²) in [4.78, 5) is 15.3. The summed E-state index contributed by atoms with van der Waals surface area (Å²) in [5.74, 6) is 0.155. The number of aromatic nitrogens is 3. The van der Waals surface area contributed by atoms with Crippen LogP contribution in [0.1, 0.15) is 16.2 Å². The molecule has 1 N–H and O–H groups in total. The Morgan fingerprint density at radius 2 is 1.92 bits per heavy atom. The number of para-hydroxylation sites is 1. The Kier molecular flexibility index (Phi) is 4.07. The first-order valence-electron chi connectivity index (χ1n) is 7.53. The zero-order chi connectivity index (χ0) is 17.2. The molecule has 2 heterocycles. The molecule has 0 bridgehead atoms. The molecular formula is C18H12BrN3O3. The molecule has 6 nitrogen and oxygen atoms in total. The van der Waals surface area contributed by atoms with Crippen LogP contribution in [-0.4, -0.2) is 21.2 Å². The fourth-order valence-corrected chi connectivity index (χ4v) is 2.96. The third kappa shape index (κ3) is 3.06. The molecule has 0 aliphatic heterocycles. The van der Waals surface area contributed by atoms with Crippen LogP contribution < -0.4 is 0 Å². The van der Waals surface area contributed by atoms with E-state index in [1.54, 1.807) is 6.20 Å². The van der Waals surface area contributed by atoms with Crippen LogP contribution in [0.3, 0.4) is 0 Å². The number of aromatic amines is 1. The molecule has 4 aromatic rings. The molecule has 0 radical (unpaired) electrons. The molecule has 0 saturated carbocycles. The maximum absolute atomic E-state index is 12.3. The van der Waals surface area contributed by atoms with Crippen LogP contribution >= 0.6 is 15.9 Å². The molecule has 0 amide bonds. The number of nitrogens with zero attached hydrogens (tertiary/aromatic N) is 2. The molecule has 0 aliphatic carbocycles. The third-order valence-electron chi connectivity index (χ3n) is 3.71. The second-order valence-electron chi connectivity index (χ2n) is 5.30. The Hall–Kier alpha value is -2.93. The molecular weight excluding hydrogens is 386 g/mol. The van der Waals surface area contributed by atoms with E-state index in [4.69, 9.17) is 9.15 Å². The van der Waals surface area contributed by atoms with Crippen molar-refractivity contribution < 1.29 is 13.9 Å². The van der Waals surface area contributed by atoms with Crippen LogP contribution in [0.5, 0.6) is 0 Å². The minimum absolute atomic E-state index is 0.0875. The average molecular weight is 398 g/mol. The SMILES string of the molecule is O=C(OCc1nnc(-c2ccccc2Br)o1)c1c[nH]c2ccccc12. The van der Waals surface area contributed by atoms with E-state index in [-0.39, 0.29) is 12.5 Å². The number of hydrogen-bond donors (Lipinski definition) is 1. The molecule has 0 unspecified atom stereocenters. The van der Waals surface area contributed by atoms with Crippen LogP contribution in [0, 0.1) is 0 Å². The van der Waals surface area contributed by atoms with Gasteiger partial charge in [0.15, 0.2) is 6.61 Å². The maximum atomic E-state index is 12.3. The monoisotopic (exact) mass is 397 g/mol. The molecule has 0 fully saturated rings. The summed E-state index contributed by atoms with van der Waals surface area (Å²) in [6.45, 7) is -0.0875. The van der Waals surface area contributed by atoms with Gasteiger partial charge in [0.05, 0.1) is 11.1 Å². The molecule has 0 aliphatic rings. The van der Waals surface area contributed by atoms with Gasteiger partial charge in [-0.25, -0.2) is 4.79 Å². The van der Waals surface area contributed by atoms with Gasteiger partial charge in [0.2, 0.25) is 5.89 Å². The molecule has 2 aromatic carbocycles. The zero-order valence-electron chi connectivity index (χ0n) is 12.9. The lowest BCUT2D eigenvalue weighted by Crippen LogP contribution is -2.04. The molecule has 25 heavy (non-hydrogen) atoms. The standard InChI is InChI=1S/C18H12BrN3O3/c19-14-7-3-1-6-12(14)17-22-21-16(25-17)10-24-18(23)13-9-20-15-8-4-2-5-11(13)15/h1-9,20H,10H2. The average Bonchev–Trinajstić information content (AvgIpc) is 3.27. The summed E-state index contributed by atoms with van der Waals surface area (Å²) in [6.07, 6.45) is 1.63. The molecule has 0 saturated heterocycles. The molecule has 2 aromatic heterocycles. The number of H-pyrrole nitrogens is 1. The summed E-state index contributed by atoms with van der Waals surface area (Å²) < 4.78 is 11.7. The van der Waals surface area contributed by atoms with Gasteiger partial charge in [-0.1, -0.05) is 30.3 Å². The Balaban J connectivity index is 1.49. The lowest BCUT2D eigenvalue weighted by Gasteiger charge is -2.01. The van der Waals surface area contributed by atoms with E-state index in [2.05, 4.69) is 31.1 Å². The smallest absolute Gasteiger partial charge is 0.340 e. The maximum Gasteiger partial charge on any atom is 0.340 e. The minimum atomic E-state index is -0.446. The predicted octanol–water partition coefficient (Wildman–Crippen LogP) is 4.34. The Labute approximate surface area is 151 Å². The zero-order valence-corrected chi connectivity index (χ0v) is 14.5. The van der Waals surface area contributed by atoms with Crippen molar-refractivity contribution >= 4 is 32.8 Å². The van der Waals surface area contributed by atoms with Crippen molar-refractivity contribution in [2.45, 2.75) is 6.61 Å². The van der Waals surface area contributed by atoms with Crippen LogP contribution in [0.25, 0.3) is 22.4 Å². The summed E-state index contributed by atoms with van der Waals surface area (Å²) in [7, 11) is 0. The van der Waals surface area contributed by atoms with E-state index >= 15 is 0 Å². The van der Waals surface area contributed by atoms with Crippen molar-refractivity contribution in [1.29, 1.82) is 0 Å². The second kappa shape index (κ2) is 6.52. The highest BCUT2D eigenvalue weighted by molar-refractivity contribution is 9.10. The van der Waals surface area contributed by atoms with Crippen LogP contribution in [0.2, 0.25) is 0 Å². The highest BCUT2D eigenvalue weighted by atomic mass is 79.9. The van der Waals surface area contributed by atoms with Crippen molar-refractivity contribution in [3.8, 4) is 11.5 Å². The molecule has 0 atom stereocenters. The predicted molar refractivity (Wildman–Crippen MR) is 94.9 cm³/mol. The van der Waals surface area contributed by atoms with E-state index in [0.29, 0.717) is 11.5 Å². The fraction of sp³-hybridized carbons (Fsp3) is 0.0556. The molecule has 0 spiro atoms. The van der Waals surface area contributed by atoms with Crippen molar-refractivity contribution in [1.82, 2.24) is 15.2 Å². The fourth-order valence-electron chi connectivity index (χ4n) is 2.50. The number of halogens is 1. The quantitative estimate of drug-likeness (QED) is 0.518. The molecule has 7 heteroatoms. The van der Waals surface area contributed by atoms with E-state index in [1.165, 1.54) is 0 Å². The first kappa shape index (κ1) is 15.6. The first-order chi connectivity index (χ1) is 12.2. The first-order valence-corrected chi connectivity index (χ1v) is 8.32. The summed E-state index contributed by atoms with van der Waals surface area (Å²) >= 11 is 3.44. The highest BCUT2D eigenvalue weighted by Crippen LogP contribution is 2.27. The summed E-state index contributed by atoms with van der Waals surface area (Å²) in [6, 6.07) is 15.0. The number of ether oxygens (including phenoxy) is 1. The van der Waals surface area contributed by atoms with Crippen molar-refractivity contribution in [2.24, 2.45) is 0 Å². The number of fused-ring (bicyclic) bond motifs is 1. The van der Waals surface area contributed by atoms with Gasteiger partial charge in [-0.15, -0.1) is 10.2 Å².